The van der Waals surface area contributed by atoms with E-state index in [4.69, 9.17) is 4.74 Å². The van der Waals surface area contributed by atoms with Gasteiger partial charge < -0.3 is 4.74 Å². The van der Waals surface area contributed by atoms with Crippen LogP contribution in [-0.4, -0.2) is 11.9 Å². The molecule has 0 bridgehead atoms. The van der Waals surface area contributed by atoms with E-state index in [1.165, 1.54) is 31.2 Å². The van der Waals surface area contributed by atoms with Gasteiger partial charge in [-0.3, -0.25) is 0 Å². The van der Waals surface area contributed by atoms with Gasteiger partial charge in [-0.15, -0.1) is 0 Å². The Morgan fingerprint density at radius 2 is 1.71 bits per heavy atom. The number of halogens is 1. The molecule has 0 aliphatic rings. The Hall–Kier alpha value is -0.500. The molecule has 0 saturated heterocycles. The monoisotopic (exact) mass is 354 g/mol. The molecule has 0 amide bonds. The molecule has 1 nitrogen and oxygen atoms in total. The maximum absolute atomic E-state index is 6.29. The summed E-state index contributed by atoms with van der Waals surface area (Å²) >= 11 is 3.73. The minimum Gasteiger partial charge on any atom is -0.493 e. The summed E-state index contributed by atoms with van der Waals surface area (Å²) in [6, 6.07) is 8.53. The van der Waals surface area contributed by atoms with Crippen molar-refractivity contribution in [2.45, 2.75) is 65.7 Å². The summed E-state index contributed by atoms with van der Waals surface area (Å²) in [5, 5.41) is 1.02. The summed E-state index contributed by atoms with van der Waals surface area (Å²) in [6.45, 7) is 9.85. The lowest BCUT2D eigenvalue weighted by molar-refractivity contribution is 0.143. The summed E-state index contributed by atoms with van der Waals surface area (Å²) < 4.78 is 6.29. The van der Waals surface area contributed by atoms with Crippen LogP contribution in [0.15, 0.2) is 24.3 Å². The van der Waals surface area contributed by atoms with Gasteiger partial charge in [0.05, 0.1) is 6.61 Å². The van der Waals surface area contributed by atoms with Crippen molar-refractivity contribution in [2.24, 2.45) is 5.41 Å². The highest BCUT2D eigenvalue weighted by atomic mass is 79.9. The third-order valence-electron chi connectivity index (χ3n) is 4.44. The topological polar surface area (TPSA) is 9.23 Å². The van der Waals surface area contributed by atoms with Crippen LogP contribution >= 0.6 is 15.9 Å². The third kappa shape index (κ3) is 5.32. The fourth-order valence-corrected chi connectivity index (χ4v) is 3.69. The standard InChI is InChI=1S/C19H31BrO/c1-5-12-19(14-20,13-6-2)15-21-18-11-9-8-10-17(18)16(4)7-3/h8-11,16H,5-7,12-15H2,1-4H3. The van der Waals surface area contributed by atoms with Gasteiger partial charge in [0.2, 0.25) is 0 Å². The molecule has 0 aliphatic carbocycles. The molecule has 0 fully saturated rings. The maximum Gasteiger partial charge on any atom is 0.122 e. The summed E-state index contributed by atoms with van der Waals surface area (Å²) in [4.78, 5) is 0. The lowest BCUT2D eigenvalue weighted by Crippen LogP contribution is -2.30. The molecule has 0 N–H and O–H groups in total. The van der Waals surface area contributed by atoms with Crippen LogP contribution in [-0.2, 0) is 0 Å². The molecule has 0 heterocycles. The van der Waals surface area contributed by atoms with E-state index in [0.717, 1.165) is 24.1 Å². The van der Waals surface area contributed by atoms with E-state index in [0.29, 0.717) is 5.92 Å². The van der Waals surface area contributed by atoms with Gasteiger partial charge in [-0.1, -0.05) is 74.7 Å². The summed E-state index contributed by atoms with van der Waals surface area (Å²) in [6.07, 6.45) is 6.01. The first-order chi connectivity index (χ1) is 10.1. The zero-order chi connectivity index (χ0) is 15.7. The predicted octanol–water partition coefficient (Wildman–Crippen LogP) is 6.56. The van der Waals surface area contributed by atoms with Gasteiger partial charge >= 0.3 is 0 Å². The maximum atomic E-state index is 6.29. The average molecular weight is 355 g/mol. The first kappa shape index (κ1) is 18.5. The molecule has 0 aliphatic heterocycles. The lowest BCUT2D eigenvalue weighted by Gasteiger charge is -2.32. The molecule has 1 unspecified atom stereocenters. The Kier molecular flexibility index (Phi) is 8.39. The van der Waals surface area contributed by atoms with Crippen molar-refractivity contribution in [3.63, 3.8) is 0 Å². The number of hydrogen-bond acceptors (Lipinski definition) is 1. The Morgan fingerprint density at radius 3 is 2.24 bits per heavy atom. The highest BCUT2D eigenvalue weighted by molar-refractivity contribution is 9.09. The second-order valence-corrected chi connectivity index (χ2v) is 6.83. The van der Waals surface area contributed by atoms with Crippen molar-refractivity contribution < 1.29 is 4.74 Å². The van der Waals surface area contributed by atoms with E-state index in [1.54, 1.807) is 0 Å². The van der Waals surface area contributed by atoms with Crippen LogP contribution in [0.5, 0.6) is 5.75 Å². The molecule has 1 aromatic carbocycles. The van der Waals surface area contributed by atoms with Gasteiger partial charge in [-0.05, 0) is 36.8 Å². The zero-order valence-electron chi connectivity index (χ0n) is 14.1. The van der Waals surface area contributed by atoms with E-state index in [1.807, 2.05) is 0 Å². The van der Waals surface area contributed by atoms with Crippen molar-refractivity contribution >= 4 is 15.9 Å². The molecule has 120 valence electrons. The average Bonchev–Trinajstić information content (AvgIpc) is 2.52. The van der Waals surface area contributed by atoms with E-state index in [9.17, 15) is 0 Å². The van der Waals surface area contributed by atoms with Crippen LogP contribution in [0.4, 0.5) is 0 Å². The van der Waals surface area contributed by atoms with Gasteiger partial charge in [-0.25, -0.2) is 0 Å². The van der Waals surface area contributed by atoms with E-state index < -0.39 is 0 Å². The van der Waals surface area contributed by atoms with Crippen molar-refractivity contribution in [3.8, 4) is 5.75 Å². The normalized spacial score (nSPS) is 13.2. The molecule has 1 atom stereocenters. The van der Waals surface area contributed by atoms with Gasteiger partial charge in [0.15, 0.2) is 0 Å². The minimum absolute atomic E-state index is 0.270. The van der Waals surface area contributed by atoms with Crippen LogP contribution in [0, 0.1) is 5.41 Å². The molecular weight excluding hydrogens is 324 g/mol. The Morgan fingerprint density at radius 1 is 1.10 bits per heavy atom. The number of para-hydroxylation sites is 1. The second-order valence-electron chi connectivity index (χ2n) is 6.27. The Balaban J connectivity index is 2.85. The SMILES string of the molecule is CCCC(CBr)(CCC)COc1ccccc1C(C)CC. The van der Waals surface area contributed by atoms with Crippen molar-refractivity contribution in [1.29, 1.82) is 0 Å². The van der Waals surface area contributed by atoms with Crippen molar-refractivity contribution in [2.75, 3.05) is 11.9 Å². The van der Waals surface area contributed by atoms with Gasteiger partial charge in [-0.2, -0.15) is 0 Å². The van der Waals surface area contributed by atoms with Crippen LogP contribution in [0.3, 0.4) is 0 Å². The van der Waals surface area contributed by atoms with Crippen LogP contribution < -0.4 is 4.74 Å². The van der Waals surface area contributed by atoms with Crippen molar-refractivity contribution in [3.05, 3.63) is 29.8 Å². The third-order valence-corrected chi connectivity index (χ3v) is 5.63. The fraction of sp³-hybridized carbons (Fsp3) is 0.684. The molecule has 0 aromatic heterocycles. The lowest BCUT2D eigenvalue weighted by atomic mass is 9.82. The summed E-state index contributed by atoms with van der Waals surface area (Å²) in [5.74, 6) is 1.63. The van der Waals surface area contributed by atoms with Crippen LogP contribution in [0.25, 0.3) is 0 Å². The van der Waals surface area contributed by atoms with Gasteiger partial charge in [0, 0.05) is 10.7 Å². The summed E-state index contributed by atoms with van der Waals surface area (Å²) in [7, 11) is 0. The number of ether oxygens (including phenoxy) is 1. The van der Waals surface area contributed by atoms with E-state index >= 15 is 0 Å². The fourth-order valence-electron chi connectivity index (χ4n) is 2.97. The molecule has 0 spiro atoms. The number of hydrogen-bond donors (Lipinski definition) is 0. The number of alkyl halides is 1. The minimum atomic E-state index is 0.270. The highest BCUT2D eigenvalue weighted by Gasteiger charge is 2.28. The Bertz CT molecular complexity index is 396. The molecule has 1 rings (SSSR count). The molecule has 1 aromatic rings. The van der Waals surface area contributed by atoms with Crippen molar-refractivity contribution in [1.82, 2.24) is 0 Å². The predicted molar refractivity (Wildman–Crippen MR) is 96.7 cm³/mol. The Labute approximate surface area is 139 Å². The van der Waals surface area contributed by atoms with E-state index in [-0.39, 0.29) is 5.41 Å². The first-order valence-electron chi connectivity index (χ1n) is 8.40. The molecule has 21 heavy (non-hydrogen) atoms. The highest BCUT2D eigenvalue weighted by Crippen LogP contribution is 2.35. The molecule has 0 saturated carbocycles. The smallest absolute Gasteiger partial charge is 0.122 e. The van der Waals surface area contributed by atoms with Crippen LogP contribution in [0.1, 0.15) is 71.3 Å². The second kappa shape index (κ2) is 9.50. The first-order valence-corrected chi connectivity index (χ1v) is 9.52. The molecule has 0 radical (unpaired) electrons. The number of rotatable bonds is 10. The summed E-state index contributed by atoms with van der Waals surface area (Å²) in [5.41, 5.74) is 1.61. The van der Waals surface area contributed by atoms with Crippen LogP contribution in [0.2, 0.25) is 0 Å². The van der Waals surface area contributed by atoms with E-state index in [2.05, 4.69) is 67.9 Å². The quantitative estimate of drug-likeness (QED) is 0.432. The zero-order valence-corrected chi connectivity index (χ0v) is 15.7. The van der Waals surface area contributed by atoms with Gasteiger partial charge in [0.1, 0.15) is 5.75 Å². The van der Waals surface area contributed by atoms with Gasteiger partial charge in [0.25, 0.3) is 0 Å². The molecule has 2 heteroatoms. The molecular formula is C19H31BrO. The largest absolute Gasteiger partial charge is 0.493 e. The number of benzene rings is 1.